The number of hydrogen-bond acceptors (Lipinski definition) is 0. The maximum Gasteiger partial charge on any atom is 0.0541 e. The summed E-state index contributed by atoms with van der Waals surface area (Å²) in [6, 6.07) is 53.2. The largest absolute Gasteiger partial charge is 0.309 e. The third-order valence-electron chi connectivity index (χ3n) is 8.81. The Hall–Kier alpha value is -4.92. The fraction of sp³-hybridized carbons (Fsp3) is 0. The van der Waals surface area contributed by atoms with Crippen molar-refractivity contribution in [2.24, 2.45) is 0 Å². The van der Waals surface area contributed by atoms with Gasteiger partial charge in [-0.05, 0) is 85.6 Å². The quantitative estimate of drug-likeness (QED) is 0.178. The maximum atomic E-state index is 3.81. The zero-order valence-electron chi connectivity index (χ0n) is 22.7. The molecule has 1 nitrogen and oxygen atoms in total. The van der Waals surface area contributed by atoms with E-state index in [1.807, 2.05) is 0 Å². The third kappa shape index (κ3) is 3.42. The number of nitrogens with zero attached hydrogens (tertiary/aromatic N) is 1. The first kappa shape index (κ1) is 23.8. The SMILES string of the molecule is Brc1ccc2ccc3c(-n4c5ccc(-c6ccccc6)cc5c5cc(-c6ccccc6)ccc54)ccc4ccc1c2c43. The Morgan fingerprint density at radius 3 is 1.48 bits per heavy atom. The molecule has 1 aromatic heterocycles. The standard InChI is InChI=1S/C40H24BrN/c41-35-19-13-27-12-18-32-36(20-14-28-11-17-31(35)39(27)40(28)32)42-37-21-15-29(25-7-3-1-4-8-25)23-33(37)34-24-30(16-22-38(34)42)26-9-5-2-6-10-26/h1-24H. The van der Waals surface area contributed by atoms with Gasteiger partial charge in [-0.3, -0.25) is 0 Å². The van der Waals surface area contributed by atoms with Gasteiger partial charge in [0.15, 0.2) is 0 Å². The normalized spacial score (nSPS) is 11.9. The molecular weight excluding hydrogens is 574 g/mol. The molecule has 0 fully saturated rings. The zero-order valence-corrected chi connectivity index (χ0v) is 24.3. The summed E-state index contributed by atoms with van der Waals surface area (Å²) < 4.78 is 3.60. The molecule has 0 unspecified atom stereocenters. The lowest BCUT2D eigenvalue weighted by molar-refractivity contribution is 1.20. The number of aromatic nitrogens is 1. The molecule has 0 radical (unpaired) electrons. The second-order valence-electron chi connectivity index (χ2n) is 11.1. The summed E-state index contributed by atoms with van der Waals surface area (Å²) in [6.45, 7) is 0. The van der Waals surface area contributed by atoms with E-state index in [1.54, 1.807) is 0 Å². The molecule has 9 aromatic rings. The minimum absolute atomic E-state index is 1.13. The number of fused-ring (bicyclic) bond motifs is 3. The fourth-order valence-electron chi connectivity index (χ4n) is 6.85. The van der Waals surface area contributed by atoms with Crippen molar-refractivity contribution in [3.63, 3.8) is 0 Å². The lowest BCUT2D eigenvalue weighted by Crippen LogP contribution is -1.96. The Balaban J connectivity index is 1.40. The van der Waals surface area contributed by atoms with Gasteiger partial charge in [-0.1, -0.05) is 125 Å². The van der Waals surface area contributed by atoms with Gasteiger partial charge < -0.3 is 4.57 Å². The number of hydrogen-bond donors (Lipinski definition) is 0. The predicted molar refractivity (Wildman–Crippen MR) is 183 cm³/mol. The number of benzene rings is 8. The van der Waals surface area contributed by atoms with E-state index < -0.39 is 0 Å². The molecule has 2 heteroatoms. The Bertz CT molecular complexity index is 2360. The van der Waals surface area contributed by atoms with Crippen molar-refractivity contribution < 1.29 is 0 Å². The van der Waals surface area contributed by atoms with E-state index in [9.17, 15) is 0 Å². The Morgan fingerprint density at radius 2 is 0.881 bits per heavy atom. The molecule has 9 rings (SSSR count). The highest BCUT2D eigenvalue weighted by Crippen LogP contribution is 2.43. The molecule has 0 saturated heterocycles. The molecule has 0 saturated carbocycles. The Kier molecular flexibility index (Phi) is 5.11. The van der Waals surface area contributed by atoms with Gasteiger partial charge in [0, 0.05) is 20.6 Å². The van der Waals surface area contributed by atoms with E-state index in [4.69, 9.17) is 0 Å². The van der Waals surface area contributed by atoms with Crippen LogP contribution >= 0.6 is 15.9 Å². The average Bonchev–Trinajstić information content (AvgIpc) is 3.38. The fourth-order valence-corrected chi connectivity index (χ4v) is 7.31. The summed E-state index contributed by atoms with van der Waals surface area (Å²) in [5.41, 5.74) is 8.55. The summed E-state index contributed by atoms with van der Waals surface area (Å²) in [4.78, 5) is 0. The Morgan fingerprint density at radius 1 is 0.381 bits per heavy atom. The van der Waals surface area contributed by atoms with Gasteiger partial charge in [-0.25, -0.2) is 0 Å². The van der Waals surface area contributed by atoms with Crippen LogP contribution in [0.1, 0.15) is 0 Å². The Labute approximate surface area is 251 Å². The van der Waals surface area contributed by atoms with Crippen LogP contribution in [-0.4, -0.2) is 4.57 Å². The average molecular weight is 599 g/mol. The van der Waals surface area contributed by atoms with Crippen molar-refractivity contribution in [3.05, 3.63) is 150 Å². The third-order valence-corrected chi connectivity index (χ3v) is 9.50. The lowest BCUT2D eigenvalue weighted by Gasteiger charge is -2.17. The number of rotatable bonds is 3. The summed E-state index contributed by atoms with van der Waals surface area (Å²) in [5.74, 6) is 0. The predicted octanol–water partition coefficient (Wildman–Crippen LogP) is 11.8. The van der Waals surface area contributed by atoms with Crippen LogP contribution in [0.3, 0.4) is 0 Å². The van der Waals surface area contributed by atoms with Gasteiger partial charge in [-0.15, -0.1) is 0 Å². The van der Waals surface area contributed by atoms with Crippen LogP contribution in [0.5, 0.6) is 0 Å². The van der Waals surface area contributed by atoms with Crippen LogP contribution in [-0.2, 0) is 0 Å². The van der Waals surface area contributed by atoms with Crippen LogP contribution in [0.4, 0.5) is 0 Å². The molecule has 8 aromatic carbocycles. The molecule has 1 heterocycles. The minimum Gasteiger partial charge on any atom is -0.309 e. The minimum atomic E-state index is 1.13. The van der Waals surface area contributed by atoms with Crippen LogP contribution in [0.25, 0.3) is 82.1 Å². The van der Waals surface area contributed by atoms with Crippen molar-refractivity contribution in [2.45, 2.75) is 0 Å². The van der Waals surface area contributed by atoms with Gasteiger partial charge in [0.25, 0.3) is 0 Å². The van der Waals surface area contributed by atoms with Crippen molar-refractivity contribution in [2.75, 3.05) is 0 Å². The van der Waals surface area contributed by atoms with Crippen molar-refractivity contribution in [1.82, 2.24) is 4.57 Å². The van der Waals surface area contributed by atoms with Gasteiger partial charge in [0.2, 0.25) is 0 Å². The summed E-state index contributed by atoms with van der Waals surface area (Å²) in [5, 5.41) is 10.2. The molecule has 0 aliphatic carbocycles. The summed E-state index contributed by atoms with van der Waals surface area (Å²) >= 11 is 3.81. The van der Waals surface area contributed by atoms with Crippen molar-refractivity contribution in [3.8, 4) is 27.9 Å². The van der Waals surface area contributed by atoms with E-state index in [2.05, 4.69) is 166 Å². The van der Waals surface area contributed by atoms with Crippen LogP contribution in [0.15, 0.2) is 150 Å². The van der Waals surface area contributed by atoms with Crippen LogP contribution in [0.2, 0.25) is 0 Å². The summed E-state index contributed by atoms with van der Waals surface area (Å²) in [6.07, 6.45) is 0. The van der Waals surface area contributed by atoms with E-state index in [0.717, 1.165) is 4.47 Å². The van der Waals surface area contributed by atoms with E-state index in [1.165, 1.54) is 82.1 Å². The molecule has 0 aliphatic rings. The molecule has 0 aliphatic heterocycles. The van der Waals surface area contributed by atoms with Crippen molar-refractivity contribution in [1.29, 1.82) is 0 Å². The maximum absolute atomic E-state index is 3.81. The molecular formula is C40H24BrN. The van der Waals surface area contributed by atoms with E-state index >= 15 is 0 Å². The molecule has 42 heavy (non-hydrogen) atoms. The highest BCUT2D eigenvalue weighted by molar-refractivity contribution is 9.10. The van der Waals surface area contributed by atoms with Crippen LogP contribution in [0, 0.1) is 0 Å². The smallest absolute Gasteiger partial charge is 0.0541 e. The molecule has 0 spiro atoms. The summed E-state index contributed by atoms with van der Waals surface area (Å²) in [7, 11) is 0. The molecule has 0 bridgehead atoms. The highest BCUT2D eigenvalue weighted by atomic mass is 79.9. The van der Waals surface area contributed by atoms with Gasteiger partial charge in [0.05, 0.1) is 16.7 Å². The zero-order chi connectivity index (χ0) is 27.8. The second-order valence-corrected chi connectivity index (χ2v) is 11.9. The molecule has 0 atom stereocenters. The van der Waals surface area contributed by atoms with Crippen molar-refractivity contribution >= 4 is 70.1 Å². The molecule has 196 valence electrons. The molecule has 0 N–H and O–H groups in total. The van der Waals surface area contributed by atoms with E-state index in [-0.39, 0.29) is 0 Å². The lowest BCUT2D eigenvalue weighted by atomic mass is 9.93. The first-order valence-corrected chi connectivity index (χ1v) is 15.1. The van der Waals surface area contributed by atoms with Crippen LogP contribution < -0.4 is 0 Å². The van der Waals surface area contributed by atoms with E-state index in [0.29, 0.717) is 0 Å². The second kappa shape index (κ2) is 9.04. The first-order valence-electron chi connectivity index (χ1n) is 14.3. The van der Waals surface area contributed by atoms with Gasteiger partial charge >= 0.3 is 0 Å². The highest BCUT2D eigenvalue weighted by Gasteiger charge is 2.18. The topological polar surface area (TPSA) is 4.93 Å². The van der Waals surface area contributed by atoms with Gasteiger partial charge in [0.1, 0.15) is 0 Å². The first-order chi connectivity index (χ1) is 20.7. The molecule has 0 amide bonds. The van der Waals surface area contributed by atoms with Gasteiger partial charge in [-0.2, -0.15) is 0 Å². The monoisotopic (exact) mass is 597 g/mol. The number of halogens is 1.